The summed E-state index contributed by atoms with van der Waals surface area (Å²) < 4.78 is 12.4. The molecule has 2 heterocycles. The van der Waals surface area contributed by atoms with E-state index < -0.39 is 0 Å². The van der Waals surface area contributed by atoms with Crippen molar-refractivity contribution in [2.75, 3.05) is 41.4 Å². The summed E-state index contributed by atoms with van der Waals surface area (Å²) in [5, 5.41) is 11.5. The van der Waals surface area contributed by atoms with Crippen LogP contribution in [-0.2, 0) is 24.3 Å². The summed E-state index contributed by atoms with van der Waals surface area (Å²) in [4.78, 5) is 11.6. The molecule has 10 heteroatoms. The van der Waals surface area contributed by atoms with E-state index in [1.54, 1.807) is 14.2 Å². The van der Waals surface area contributed by atoms with Crippen molar-refractivity contribution in [1.82, 2.24) is 30.3 Å². The molecule has 0 saturated carbocycles. The number of nitrogens with one attached hydrogen (secondary N) is 2. The normalized spacial score (nSPS) is 16.8. The Hall–Kier alpha value is -1.92. The van der Waals surface area contributed by atoms with E-state index in [0.717, 1.165) is 49.3 Å². The SMILES string of the molecule is CCNC(=NCC(c1ccc(OC)cc1)N(C)C)NC1CCc2nc(COC)nn2C1.I. The van der Waals surface area contributed by atoms with Crippen LogP contribution in [0.2, 0.25) is 0 Å². The predicted molar refractivity (Wildman–Crippen MR) is 137 cm³/mol. The molecule has 0 aliphatic carbocycles. The smallest absolute Gasteiger partial charge is 0.191 e. The summed E-state index contributed by atoms with van der Waals surface area (Å²) in [6, 6.07) is 8.62. The molecule has 32 heavy (non-hydrogen) atoms. The van der Waals surface area contributed by atoms with Gasteiger partial charge in [0.15, 0.2) is 11.8 Å². The van der Waals surface area contributed by atoms with Gasteiger partial charge in [0, 0.05) is 26.1 Å². The van der Waals surface area contributed by atoms with Crippen LogP contribution in [0.15, 0.2) is 29.3 Å². The van der Waals surface area contributed by atoms with Gasteiger partial charge in [-0.05, 0) is 45.1 Å². The Morgan fingerprint density at radius 1 is 1.28 bits per heavy atom. The number of hydrogen-bond acceptors (Lipinski definition) is 6. The number of guanidine groups is 1. The zero-order chi connectivity index (χ0) is 22.2. The molecule has 0 bridgehead atoms. The summed E-state index contributed by atoms with van der Waals surface area (Å²) in [6.45, 7) is 4.75. The van der Waals surface area contributed by atoms with Crippen molar-refractivity contribution in [1.29, 1.82) is 0 Å². The average Bonchev–Trinajstić information content (AvgIpc) is 3.16. The van der Waals surface area contributed by atoms with Gasteiger partial charge in [0.05, 0.1) is 26.2 Å². The van der Waals surface area contributed by atoms with E-state index in [2.05, 4.69) is 58.8 Å². The van der Waals surface area contributed by atoms with Crippen molar-refractivity contribution >= 4 is 29.9 Å². The van der Waals surface area contributed by atoms with Gasteiger partial charge in [-0.15, -0.1) is 24.0 Å². The predicted octanol–water partition coefficient (Wildman–Crippen LogP) is 2.22. The van der Waals surface area contributed by atoms with E-state index in [1.165, 1.54) is 5.56 Å². The zero-order valence-corrected chi connectivity index (χ0v) is 22.0. The lowest BCUT2D eigenvalue weighted by atomic mass is 10.1. The Morgan fingerprint density at radius 3 is 2.66 bits per heavy atom. The molecular formula is C22H36IN7O2. The van der Waals surface area contributed by atoms with Crippen molar-refractivity contribution in [3.8, 4) is 5.75 Å². The number of nitrogens with zero attached hydrogens (tertiary/aromatic N) is 5. The summed E-state index contributed by atoms with van der Waals surface area (Å²) in [7, 11) is 7.50. The molecule has 2 unspecified atom stereocenters. The van der Waals surface area contributed by atoms with Gasteiger partial charge in [-0.1, -0.05) is 12.1 Å². The third-order valence-corrected chi connectivity index (χ3v) is 5.41. The molecule has 2 N–H and O–H groups in total. The Balaban J connectivity index is 0.00000363. The number of ether oxygens (including phenoxy) is 2. The van der Waals surface area contributed by atoms with E-state index in [1.807, 2.05) is 16.8 Å². The van der Waals surface area contributed by atoms with Gasteiger partial charge in [0.25, 0.3) is 0 Å². The number of aryl methyl sites for hydroxylation is 1. The number of benzene rings is 1. The van der Waals surface area contributed by atoms with Gasteiger partial charge >= 0.3 is 0 Å². The highest BCUT2D eigenvalue weighted by molar-refractivity contribution is 14.0. The molecule has 1 aromatic carbocycles. The molecule has 9 nitrogen and oxygen atoms in total. The molecule has 1 aromatic heterocycles. The van der Waals surface area contributed by atoms with E-state index in [0.29, 0.717) is 13.2 Å². The Morgan fingerprint density at radius 2 is 2.03 bits per heavy atom. The number of rotatable bonds is 9. The van der Waals surface area contributed by atoms with Crippen LogP contribution in [0.5, 0.6) is 5.75 Å². The van der Waals surface area contributed by atoms with Crippen molar-refractivity contribution in [3.63, 3.8) is 0 Å². The number of methoxy groups -OCH3 is 2. The molecule has 0 radical (unpaired) electrons. The third kappa shape index (κ3) is 7.04. The molecule has 2 aromatic rings. The number of halogens is 1. The van der Waals surface area contributed by atoms with Crippen LogP contribution in [0.1, 0.15) is 36.6 Å². The highest BCUT2D eigenvalue weighted by atomic mass is 127. The van der Waals surface area contributed by atoms with Gasteiger partial charge in [-0.2, -0.15) is 5.10 Å². The lowest BCUT2D eigenvalue weighted by Crippen LogP contribution is -2.47. The quantitative estimate of drug-likeness (QED) is 0.278. The fourth-order valence-corrected chi connectivity index (χ4v) is 3.75. The Kier molecular flexibility index (Phi) is 10.7. The molecule has 0 spiro atoms. The van der Waals surface area contributed by atoms with Crippen molar-refractivity contribution in [2.24, 2.45) is 4.99 Å². The lowest BCUT2D eigenvalue weighted by Gasteiger charge is -2.27. The topological polar surface area (TPSA) is 88.8 Å². The lowest BCUT2D eigenvalue weighted by molar-refractivity contribution is 0.177. The second kappa shape index (κ2) is 12.9. The molecule has 0 amide bonds. The number of fused-ring (bicyclic) bond motifs is 1. The molecule has 3 rings (SSSR count). The maximum absolute atomic E-state index is 5.28. The summed E-state index contributed by atoms with van der Waals surface area (Å²) in [5.41, 5.74) is 1.21. The fourth-order valence-electron chi connectivity index (χ4n) is 3.75. The van der Waals surface area contributed by atoms with Crippen LogP contribution in [-0.4, -0.2) is 73.1 Å². The monoisotopic (exact) mass is 557 g/mol. The van der Waals surface area contributed by atoms with Crippen LogP contribution in [0.25, 0.3) is 0 Å². The van der Waals surface area contributed by atoms with Crippen molar-refractivity contribution in [2.45, 2.75) is 45.0 Å². The maximum atomic E-state index is 5.28. The summed E-state index contributed by atoms with van der Waals surface area (Å²) in [5.74, 6) is 3.46. The van der Waals surface area contributed by atoms with Crippen molar-refractivity contribution in [3.05, 3.63) is 41.5 Å². The first-order chi connectivity index (χ1) is 15.0. The molecule has 0 saturated heterocycles. The summed E-state index contributed by atoms with van der Waals surface area (Å²) in [6.07, 6.45) is 1.88. The molecule has 1 aliphatic heterocycles. The van der Waals surface area contributed by atoms with Crippen LogP contribution in [0.4, 0.5) is 0 Å². The first-order valence-electron chi connectivity index (χ1n) is 10.8. The van der Waals surface area contributed by atoms with Gasteiger partial charge in [0.1, 0.15) is 18.2 Å². The molecule has 178 valence electrons. The third-order valence-electron chi connectivity index (χ3n) is 5.41. The average molecular weight is 557 g/mol. The number of hydrogen-bond donors (Lipinski definition) is 2. The highest BCUT2D eigenvalue weighted by Crippen LogP contribution is 2.21. The Labute approximate surface area is 208 Å². The standard InChI is InChI=1S/C22H35N7O2.HI/c1-6-23-22(24-13-19(28(2)3)16-7-10-18(31-5)11-8-16)25-17-9-12-21-26-20(15-30-4)27-29(21)14-17;/h7-8,10-11,17,19H,6,9,12-15H2,1-5H3,(H2,23,24,25);1H. The fraction of sp³-hybridized carbons (Fsp3) is 0.591. The van der Waals surface area contributed by atoms with Crippen LogP contribution >= 0.6 is 24.0 Å². The molecule has 2 atom stereocenters. The van der Waals surface area contributed by atoms with E-state index in [9.17, 15) is 0 Å². The summed E-state index contributed by atoms with van der Waals surface area (Å²) >= 11 is 0. The van der Waals surface area contributed by atoms with Gasteiger partial charge in [0.2, 0.25) is 0 Å². The van der Waals surface area contributed by atoms with E-state index in [-0.39, 0.29) is 36.1 Å². The highest BCUT2D eigenvalue weighted by Gasteiger charge is 2.23. The number of aliphatic imine (C=N–C) groups is 1. The molecule has 1 aliphatic rings. The van der Waals surface area contributed by atoms with Gasteiger partial charge in [-0.25, -0.2) is 9.67 Å². The number of aromatic nitrogens is 3. The first kappa shape index (κ1) is 26.3. The van der Waals surface area contributed by atoms with E-state index >= 15 is 0 Å². The first-order valence-corrected chi connectivity index (χ1v) is 10.8. The van der Waals surface area contributed by atoms with Crippen LogP contribution in [0.3, 0.4) is 0 Å². The number of likely N-dealkylation sites (N-methyl/N-ethyl adjacent to an activating group) is 1. The van der Waals surface area contributed by atoms with Crippen LogP contribution < -0.4 is 15.4 Å². The van der Waals surface area contributed by atoms with Gasteiger partial charge in [-0.3, -0.25) is 4.99 Å². The second-order valence-corrected chi connectivity index (χ2v) is 7.91. The molecular weight excluding hydrogens is 521 g/mol. The maximum Gasteiger partial charge on any atom is 0.191 e. The Bertz CT molecular complexity index is 854. The van der Waals surface area contributed by atoms with Crippen molar-refractivity contribution < 1.29 is 9.47 Å². The minimum absolute atomic E-state index is 0. The molecule has 0 fully saturated rings. The van der Waals surface area contributed by atoms with Gasteiger partial charge < -0.3 is 25.0 Å². The minimum atomic E-state index is 0. The minimum Gasteiger partial charge on any atom is -0.497 e. The van der Waals surface area contributed by atoms with Crippen LogP contribution in [0, 0.1) is 0 Å². The van der Waals surface area contributed by atoms with E-state index in [4.69, 9.17) is 14.5 Å². The zero-order valence-electron chi connectivity index (χ0n) is 19.7. The second-order valence-electron chi connectivity index (χ2n) is 7.91. The largest absolute Gasteiger partial charge is 0.497 e.